The summed E-state index contributed by atoms with van der Waals surface area (Å²) in [4.78, 5) is 175. The van der Waals surface area contributed by atoms with Crippen molar-refractivity contribution in [2.24, 2.45) is 17.8 Å². The van der Waals surface area contributed by atoms with Crippen molar-refractivity contribution in [3.8, 4) is 22.5 Å². The van der Waals surface area contributed by atoms with Gasteiger partial charge in [-0.1, -0.05) is 139 Å². The highest BCUT2D eigenvalue weighted by Gasteiger charge is 2.48. The molecule has 804 valence electrons. The number of para-hydroxylation sites is 1. The molecule has 11 amide bonds. The maximum absolute atomic E-state index is 14.7. The van der Waals surface area contributed by atoms with Crippen LogP contribution in [0.15, 0.2) is 61.4 Å². The third kappa shape index (κ3) is 41.8. The number of benzene rings is 2. The molecule has 3 saturated heterocycles. The van der Waals surface area contributed by atoms with Gasteiger partial charge in [-0.2, -0.15) is 0 Å². The van der Waals surface area contributed by atoms with Crippen molar-refractivity contribution < 1.29 is 145 Å². The molecule has 3 aromatic rings. The fraction of sp³-hybridized carbons (Fsp3) is 0.714. The van der Waals surface area contributed by atoms with Gasteiger partial charge in [0.05, 0.1) is 80.9 Å². The van der Waals surface area contributed by atoms with Crippen LogP contribution in [0.5, 0.6) is 0 Å². The van der Waals surface area contributed by atoms with Crippen molar-refractivity contribution in [1.82, 2.24) is 68.2 Å². The SMILES string of the molecule is C=COP(=O)(O)OCCCCCCNC(=O)CCC(=O)N1Cc2ccccc2-c2nnn(CCCCCC(=O)NC(CCC(=O)NC(CCC(=O)C(CCC(=O)NCCCCCCOC3O[C@H](CO)[C@H](C)[C@H](O)[C@H]3NC(C)=O)C(=O)NCCCCCCOC3O[C@H](CO)[C@H](C)[C@H](O)[C@H]3NC(C)=O)C(=O)NCCCCCCO)C(=O)NCCCCCCO[C@@H]3O[C@H](CO)[C@H](O)[C@H](O)[C@H]3NC(C)=O)c2-c2ccccc21. The zero-order valence-electron chi connectivity index (χ0n) is 83.4. The molecule has 3 fully saturated rings. The molecule has 19 atom stereocenters. The van der Waals surface area contributed by atoms with E-state index in [2.05, 4.69) is 69.5 Å². The second-order valence-corrected chi connectivity index (χ2v) is 38.3. The lowest BCUT2D eigenvalue weighted by Crippen LogP contribution is -2.64. The fourth-order valence-electron chi connectivity index (χ4n) is 17.5. The lowest BCUT2D eigenvalue weighted by atomic mass is 9.89. The van der Waals surface area contributed by atoms with Crippen molar-refractivity contribution in [3.05, 3.63) is 66.9 Å². The summed E-state index contributed by atoms with van der Waals surface area (Å²) in [5.41, 5.74) is 4.02. The normalized spacial score (nSPS) is 22.4. The molecular formula is C98H157N14O30P. The van der Waals surface area contributed by atoms with Crippen LogP contribution in [0.3, 0.4) is 0 Å². The van der Waals surface area contributed by atoms with Crippen molar-refractivity contribution in [3.63, 3.8) is 0 Å². The Labute approximate surface area is 836 Å². The molecule has 7 rings (SSSR count). The second-order valence-electron chi connectivity index (χ2n) is 36.9. The third-order valence-corrected chi connectivity index (χ3v) is 26.6. The second kappa shape index (κ2) is 65.9. The van der Waals surface area contributed by atoms with Gasteiger partial charge in [0.1, 0.15) is 60.0 Å². The molecule has 19 N–H and O–H groups in total. The number of amides is 11. The number of nitrogens with one attached hydrogen (secondary N) is 10. The summed E-state index contributed by atoms with van der Waals surface area (Å²) in [5, 5.41) is 119. The number of phosphoric ester groups is 1. The smallest absolute Gasteiger partial charge is 0.413 e. The Balaban J connectivity index is 1.00. The summed E-state index contributed by atoms with van der Waals surface area (Å²) >= 11 is 0. The predicted molar refractivity (Wildman–Crippen MR) is 522 cm³/mol. The van der Waals surface area contributed by atoms with Crippen LogP contribution >= 0.6 is 7.82 Å². The van der Waals surface area contributed by atoms with Crippen molar-refractivity contribution in [1.29, 1.82) is 0 Å². The molecule has 6 unspecified atom stereocenters. The number of phosphoric acid groups is 1. The van der Waals surface area contributed by atoms with E-state index in [-0.39, 0.29) is 142 Å². The number of hydrogen-bond acceptors (Lipinski definition) is 31. The molecule has 0 aliphatic carbocycles. The van der Waals surface area contributed by atoms with Crippen LogP contribution < -0.4 is 58.1 Å². The highest BCUT2D eigenvalue weighted by atomic mass is 31.2. The summed E-state index contributed by atoms with van der Waals surface area (Å²) in [6.45, 7) is 11.1. The molecule has 0 spiro atoms. The number of aliphatic hydroxyl groups excluding tert-OH is 8. The number of aliphatic hydroxyl groups is 8. The monoisotopic (exact) mass is 2040 g/mol. The predicted octanol–water partition coefficient (Wildman–Crippen LogP) is 3.38. The van der Waals surface area contributed by atoms with Crippen molar-refractivity contribution in [2.45, 2.75) is 345 Å². The summed E-state index contributed by atoms with van der Waals surface area (Å²) in [6.07, 6.45) is 0.473. The molecular weight excluding hydrogens is 1880 g/mol. The zero-order valence-corrected chi connectivity index (χ0v) is 84.3. The van der Waals surface area contributed by atoms with Gasteiger partial charge in [0, 0.05) is 148 Å². The van der Waals surface area contributed by atoms with Crippen LogP contribution in [0, 0.1) is 17.8 Å². The van der Waals surface area contributed by atoms with E-state index in [1.54, 1.807) is 23.4 Å². The number of aryl methyl sites for hydroxylation is 1. The minimum Gasteiger partial charge on any atom is -0.413 e. The van der Waals surface area contributed by atoms with Crippen LogP contribution in [-0.4, -0.2) is 309 Å². The van der Waals surface area contributed by atoms with E-state index in [9.17, 15) is 108 Å². The summed E-state index contributed by atoms with van der Waals surface area (Å²) in [7, 11) is -4.19. The van der Waals surface area contributed by atoms with Gasteiger partial charge in [0.15, 0.2) is 18.9 Å². The number of aromatic nitrogens is 3. The van der Waals surface area contributed by atoms with Gasteiger partial charge in [-0.15, -0.1) is 5.10 Å². The molecule has 0 saturated carbocycles. The number of ether oxygens (including phenoxy) is 6. The summed E-state index contributed by atoms with van der Waals surface area (Å²) < 4.78 is 58.1. The number of fused-ring (bicyclic) bond motifs is 5. The molecule has 44 nitrogen and oxygen atoms in total. The zero-order chi connectivity index (χ0) is 104. The molecule has 1 aromatic heterocycles. The number of carbonyl (C=O) groups excluding carboxylic acids is 12. The maximum atomic E-state index is 14.7. The molecule has 45 heteroatoms. The van der Waals surface area contributed by atoms with Crippen molar-refractivity contribution >= 4 is 84.3 Å². The molecule has 5 heterocycles. The van der Waals surface area contributed by atoms with Gasteiger partial charge in [0.2, 0.25) is 65.0 Å². The lowest BCUT2D eigenvalue weighted by molar-refractivity contribution is -0.270. The number of unbranched alkanes of at least 4 members (excludes halogenated alkanes) is 17. The van der Waals surface area contributed by atoms with E-state index >= 15 is 0 Å². The van der Waals surface area contributed by atoms with E-state index in [0.29, 0.717) is 183 Å². The lowest BCUT2D eigenvalue weighted by Gasteiger charge is -2.43. The van der Waals surface area contributed by atoms with Gasteiger partial charge in [-0.05, 0) is 108 Å². The number of carbonyl (C=O) groups is 12. The topological polar surface area (TPSA) is 632 Å². The Bertz CT molecular complexity index is 4480. The average Bonchev–Trinajstić information content (AvgIpc) is 1.65. The van der Waals surface area contributed by atoms with E-state index in [1.807, 2.05) is 48.5 Å². The molecule has 4 aliphatic heterocycles. The van der Waals surface area contributed by atoms with Gasteiger partial charge in [-0.25, -0.2) is 9.25 Å². The van der Waals surface area contributed by atoms with E-state index in [0.717, 1.165) is 17.4 Å². The van der Waals surface area contributed by atoms with Gasteiger partial charge < -0.3 is 132 Å². The Morgan fingerprint density at radius 3 is 1.40 bits per heavy atom. The number of Topliss-reactive ketones (excluding diaryl/α,β-unsaturated/α-hetero) is 1. The fourth-order valence-corrected chi connectivity index (χ4v) is 18.1. The van der Waals surface area contributed by atoms with E-state index in [1.165, 1.54) is 20.8 Å². The van der Waals surface area contributed by atoms with Gasteiger partial charge in [0.25, 0.3) is 0 Å². The Morgan fingerprint density at radius 1 is 0.469 bits per heavy atom. The van der Waals surface area contributed by atoms with Crippen molar-refractivity contribution in [2.75, 3.05) is 90.5 Å². The molecule has 143 heavy (non-hydrogen) atoms. The van der Waals surface area contributed by atoms with Gasteiger partial charge >= 0.3 is 7.82 Å². The van der Waals surface area contributed by atoms with Crippen LogP contribution in [0.4, 0.5) is 5.69 Å². The summed E-state index contributed by atoms with van der Waals surface area (Å²) in [6, 6.07) is 9.37. The first-order chi connectivity index (χ1) is 68.7. The highest BCUT2D eigenvalue weighted by Crippen LogP contribution is 2.44. The van der Waals surface area contributed by atoms with Gasteiger partial charge in [-0.3, -0.25) is 67.0 Å². The van der Waals surface area contributed by atoms with Crippen LogP contribution in [-0.2, 0) is 113 Å². The standard InChI is InChI=1S/C98H157N14O30P/c1-7-138-143(133,134)139-58-34-17-12-25-49-100-80(122)46-47-83(125)111-59-68-35-20-21-36-69(68)84-88(70-37-22-23-38-74(70)111)112(110-109-84)53-29-18-19-39-81(123)107-73(95(132)103-52-28-11-16-33-57-137-98-87(106-67(6)119)92(129)91(128)78(62-116)142-98)42-45-82(124)108-72(94(131)102-51-26-8-13-30-54-113)41-43-75(120)71(93(130)101-50-27-10-15-32-56-136-97-86(105-66(5)118)90(127)64(3)77(61-115)141-97)40-44-79(121)99-48-24-9-14-31-55-135-96-85(104-65(4)117)89(126)63(2)76(60-114)140-96/h7,20-23,35-38,63-64,71-73,76-78,85-87,89-92,96-98,113-116,126-129H,1,8-19,24-34,39-62H2,2-6H3,(H,99,121)(H,100,122)(H,101,130)(H,102,131)(H,103,132)(H,104,117)(H,105,118)(H,106,119)(H,107,123)(H,108,124)(H,133,134)/t63-,64-,71?,72?,73?,76+,77+,78+,85+,86+,87+,89-,90-,91-,92+,96?,97?,98+/m0/s1. The average molecular weight is 2040 g/mol. The van der Waals surface area contributed by atoms with E-state index in [4.69, 9.17) is 38.0 Å². The molecule has 2 aromatic carbocycles. The minimum absolute atomic E-state index is 0.00612. The molecule has 4 aliphatic rings. The first kappa shape index (κ1) is 120. The quantitative estimate of drug-likeness (QED) is 0.0167. The van der Waals surface area contributed by atoms with Crippen LogP contribution in [0.2, 0.25) is 0 Å². The first-order valence-corrected chi connectivity index (χ1v) is 52.2. The Morgan fingerprint density at radius 2 is 0.895 bits per heavy atom. The van der Waals surface area contributed by atoms with E-state index < -0.39 is 190 Å². The largest absolute Gasteiger partial charge is 0.526 e. The maximum Gasteiger partial charge on any atom is 0.526 e. The number of nitrogens with zero attached hydrogens (tertiary/aromatic N) is 4. The number of ketones is 1. The van der Waals surface area contributed by atoms with Crippen LogP contribution in [0.1, 0.15) is 246 Å². The minimum atomic E-state index is -4.19. The Kier molecular flexibility index (Phi) is 55.5. The summed E-state index contributed by atoms with van der Waals surface area (Å²) in [5.74, 6) is -8.55. The number of hydrogen-bond donors (Lipinski definition) is 19. The highest BCUT2D eigenvalue weighted by molar-refractivity contribution is 7.47. The molecule has 0 bridgehead atoms. The third-order valence-electron chi connectivity index (χ3n) is 25.7. The first-order valence-electron chi connectivity index (χ1n) is 50.7. The Hall–Kier alpha value is -9.45. The number of rotatable bonds is 70. The number of anilines is 1. The van der Waals surface area contributed by atoms with Crippen LogP contribution in [0.25, 0.3) is 22.5 Å². The molecule has 0 radical (unpaired) electrons.